The fourth-order valence-corrected chi connectivity index (χ4v) is 3.39. The standard InChI is InChI=1S/C16H16Cl2N4O2/c17-13-9-12(22(23)24)10-14(18)16(13)20-11-4-7-21(8-5-11)15-3-1-2-6-19-15/h1-3,6,9-11,20H,4-5,7-8H2. The topological polar surface area (TPSA) is 71.3 Å². The Kier molecular flexibility index (Phi) is 5.06. The third-order valence-corrected chi connectivity index (χ3v) is 4.65. The van der Waals surface area contributed by atoms with Crippen LogP contribution in [-0.4, -0.2) is 29.0 Å². The van der Waals surface area contributed by atoms with Crippen LogP contribution in [0.15, 0.2) is 36.5 Å². The predicted octanol–water partition coefficient (Wildman–Crippen LogP) is 4.38. The lowest BCUT2D eigenvalue weighted by Gasteiger charge is -2.33. The van der Waals surface area contributed by atoms with E-state index < -0.39 is 4.92 Å². The van der Waals surface area contributed by atoms with Gasteiger partial charge in [-0.15, -0.1) is 0 Å². The Hall–Kier alpha value is -2.05. The van der Waals surface area contributed by atoms with Crippen LogP contribution in [0.3, 0.4) is 0 Å². The molecule has 8 heteroatoms. The average Bonchev–Trinajstić information content (AvgIpc) is 2.59. The van der Waals surface area contributed by atoms with Crippen molar-refractivity contribution >= 4 is 40.4 Å². The highest BCUT2D eigenvalue weighted by Gasteiger charge is 2.22. The van der Waals surface area contributed by atoms with Crippen molar-refractivity contribution in [2.24, 2.45) is 0 Å². The van der Waals surface area contributed by atoms with Crippen LogP contribution < -0.4 is 10.2 Å². The number of pyridine rings is 1. The van der Waals surface area contributed by atoms with Crippen molar-refractivity contribution < 1.29 is 4.92 Å². The minimum absolute atomic E-state index is 0.111. The SMILES string of the molecule is O=[N+]([O-])c1cc(Cl)c(NC2CCN(c3ccccn3)CC2)c(Cl)c1. The number of hydrogen-bond acceptors (Lipinski definition) is 5. The summed E-state index contributed by atoms with van der Waals surface area (Å²) < 4.78 is 0. The van der Waals surface area contributed by atoms with Gasteiger partial charge in [-0.3, -0.25) is 10.1 Å². The minimum atomic E-state index is -0.507. The number of hydrogen-bond donors (Lipinski definition) is 1. The molecule has 1 fully saturated rings. The van der Waals surface area contributed by atoms with Crippen molar-refractivity contribution in [3.63, 3.8) is 0 Å². The van der Waals surface area contributed by atoms with Gasteiger partial charge in [0.1, 0.15) is 5.82 Å². The first-order chi connectivity index (χ1) is 11.5. The summed E-state index contributed by atoms with van der Waals surface area (Å²) in [5.41, 5.74) is 0.445. The molecule has 1 saturated heterocycles. The molecule has 24 heavy (non-hydrogen) atoms. The highest BCUT2D eigenvalue weighted by atomic mass is 35.5. The number of nitro benzene ring substituents is 1. The molecule has 2 aromatic rings. The Morgan fingerprint density at radius 3 is 2.42 bits per heavy atom. The highest BCUT2D eigenvalue weighted by Crippen LogP contribution is 2.36. The van der Waals surface area contributed by atoms with Crippen molar-refractivity contribution in [2.45, 2.75) is 18.9 Å². The molecular formula is C16H16Cl2N4O2. The first-order valence-corrected chi connectivity index (χ1v) is 8.36. The molecule has 0 spiro atoms. The van der Waals surface area contributed by atoms with Crippen molar-refractivity contribution in [2.75, 3.05) is 23.3 Å². The summed E-state index contributed by atoms with van der Waals surface area (Å²) in [5.74, 6) is 0.974. The lowest BCUT2D eigenvalue weighted by molar-refractivity contribution is -0.384. The van der Waals surface area contributed by atoms with E-state index in [1.165, 1.54) is 12.1 Å². The van der Waals surface area contributed by atoms with Gasteiger partial charge in [-0.05, 0) is 25.0 Å². The van der Waals surface area contributed by atoms with E-state index in [0.29, 0.717) is 5.69 Å². The van der Waals surface area contributed by atoms with E-state index in [2.05, 4.69) is 15.2 Å². The number of rotatable bonds is 4. The molecule has 1 N–H and O–H groups in total. The van der Waals surface area contributed by atoms with Crippen LogP contribution >= 0.6 is 23.2 Å². The summed E-state index contributed by atoms with van der Waals surface area (Å²) in [5, 5.41) is 14.7. The lowest BCUT2D eigenvalue weighted by Crippen LogP contribution is -2.39. The molecule has 0 bridgehead atoms. The molecule has 0 aliphatic carbocycles. The number of halogens is 2. The molecule has 1 aliphatic rings. The van der Waals surface area contributed by atoms with Crippen LogP contribution in [0.2, 0.25) is 10.0 Å². The maximum atomic E-state index is 10.8. The fraction of sp³-hybridized carbons (Fsp3) is 0.312. The molecule has 1 aliphatic heterocycles. The summed E-state index contributed by atoms with van der Waals surface area (Å²) in [4.78, 5) is 16.9. The molecule has 3 rings (SSSR count). The summed E-state index contributed by atoms with van der Waals surface area (Å²) in [7, 11) is 0. The van der Waals surface area contributed by atoms with Gasteiger partial charge in [0.15, 0.2) is 0 Å². The molecule has 0 saturated carbocycles. The van der Waals surface area contributed by atoms with Gasteiger partial charge < -0.3 is 10.2 Å². The number of benzene rings is 1. The summed E-state index contributed by atoms with van der Waals surface area (Å²) in [6, 6.07) is 8.72. The maximum absolute atomic E-state index is 10.8. The Labute approximate surface area is 149 Å². The van der Waals surface area contributed by atoms with Crippen molar-refractivity contribution in [3.05, 3.63) is 56.7 Å². The van der Waals surface area contributed by atoms with Crippen molar-refractivity contribution in [1.29, 1.82) is 0 Å². The quantitative estimate of drug-likeness (QED) is 0.642. The molecule has 0 unspecified atom stereocenters. The van der Waals surface area contributed by atoms with E-state index in [-0.39, 0.29) is 21.8 Å². The number of nitro groups is 1. The number of non-ortho nitro benzene ring substituents is 1. The molecular weight excluding hydrogens is 351 g/mol. The second-order valence-corrected chi connectivity index (χ2v) is 6.45. The third kappa shape index (κ3) is 3.71. The summed E-state index contributed by atoms with van der Waals surface area (Å²) >= 11 is 12.3. The highest BCUT2D eigenvalue weighted by molar-refractivity contribution is 6.39. The monoisotopic (exact) mass is 366 g/mol. The van der Waals surface area contributed by atoms with Gasteiger partial charge in [-0.1, -0.05) is 29.3 Å². The molecule has 1 aromatic carbocycles. The zero-order chi connectivity index (χ0) is 17.1. The average molecular weight is 367 g/mol. The Morgan fingerprint density at radius 2 is 1.88 bits per heavy atom. The zero-order valence-corrected chi connectivity index (χ0v) is 14.3. The number of nitrogens with one attached hydrogen (secondary N) is 1. The molecule has 6 nitrogen and oxygen atoms in total. The van der Waals surface area contributed by atoms with Gasteiger partial charge in [-0.25, -0.2) is 4.98 Å². The van der Waals surface area contributed by atoms with Gasteiger partial charge in [0, 0.05) is 37.5 Å². The van der Waals surface area contributed by atoms with Crippen molar-refractivity contribution in [3.8, 4) is 0 Å². The van der Waals surface area contributed by atoms with Crippen LogP contribution in [0.1, 0.15) is 12.8 Å². The van der Waals surface area contributed by atoms with Crippen molar-refractivity contribution in [1.82, 2.24) is 4.98 Å². The van der Waals surface area contributed by atoms with Gasteiger partial charge in [0.05, 0.1) is 20.7 Å². The maximum Gasteiger partial charge on any atom is 0.272 e. The first kappa shape index (κ1) is 16.8. The molecule has 126 valence electrons. The van der Waals surface area contributed by atoms with Crippen LogP contribution in [0, 0.1) is 10.1 Å². The van der Waals surface area contributed by atoms with Crippen LogP contribution in [0.5, 0.6) is 0 Å². The number of piperidine rings is 1. The second-order valence-electron chi connectivity index (χ2n) is 5.64. The largest absolute Gasteiger partial charge is 0.380 e. The Bertz CT molecular complexity index is 711. The van der Waals surface area contributed by atoms with Gasteiger partial charge >= 0.3 is 0 Å². The normalized spacial score (nSPS) is 15.3. The molecule has 2 heterocycles. The molecule has 0 atom stereocenters. The first-order valence-electron chi connectivity index (χ1n) is 7.60. The Morgan fingerprint density at radius 1 is 1.21 bits per heavy atom. The van der Waals surface area contributed by atoms with Crippen LogP contribution in [0.4, 0.5) is 17.2 Å². The van der Waals surface area contributed by atoms with E-state index in [1.54, 1.807) is 6.20 Å². The molecule has 1 aromatic heterocycles. The fourth-order valence-electron chi connectivity index (χ4n) is 2.80. The van der Waals surface area contributed by atoms with E-state index in [1.807, 2.05) is 18.2 Å². The third-order valence-electron chi connectivity index (χ3n) is 4.05. The smallest absolute Gasteiger partial charge is 0.272 e. The zero-order valence-electron chi connectivity index (χ0n) is 12.8. The van der Waals surface area contributed by atoms with E-state index in [0.717, 1.165) is 31.7 Å². The molecule has 0 radical (unpaired) electrons. The number of anilines is 2. The number of aromatic nitrogens is 1. The van der Waals surface area contributed by atoms with Gasteiger partial charge in [0.2, 0.25) is 0 Å². The van der Waals surface area contributed by atoms with Crippen LogP contribution in [-0.2, 0) is 0 Å². The summed E-state index contributed by atoms with van der Waals surface area (Å²) in [6.45, 7) is 1.74. The summed E-state index contributed by atoms with van der Waals surface area (Å²) in [6.07, 6.45) is 3.59. The minimum Gasteiger partial charge on any atom is -0.380 e. The van der Waals surface area contributed by atoms with Gasteiger partial charge in [0.25, 0.3) is 5.69 Å². The van der Waals surface area contributed by atoms with Crippen LogP contribution in [0.25, 0.3) is 0 Å². The lowest BCUT2D eigenvalue weighted by atomic mass is 10.0. The van der Waals surface area contributed by atoms with E-state index in [4.69, 9.17) is 23.2 Å². The Balaban J connectivity index is 1.65. The second kappa shape index (κ2) is 7.23. The predicted molar refractivity (Wildman–Crippen MR) is 96.2 cm³/mol. The number of nitrogens with zero attached hydrogens (tertiary/aromatic N) is 3. The van der Waals surface area contributed by atoms with E-state index >= 15 is 0 Å². The van der Waals surface area contributed by atoms with E-state index in [9.17, 15) is 10.1 Å². The van der Waals surface area contributed by atoms with Gasteiger partial charge in [-0.2, -0.15) is 0 Å². The molecule has 0 amide bonds.